The SMILES string of the molecule is CO[Si](OC=O)(c1ccccc1)C(C)(C)C. The number of carbonyl (C=O) groups is 1. The minimum Gasteiger partial charge on any atom is -0.492 e. The van der Waals surface area contributed by atoms with Crippen molar-refractivity contribution in [2.75, 3.05) is 7.11 Å². The molecule has 1 rings (SSSR count). The molecule has 0 bridgehead atoms. The van der Waals surface area contributed by atoms with Gasteiger partial charge in [-0.15, -0.1) is 0 Å². The minimum atomic E-state index is -2.72. The van der Waals surface area contributed by atoms with Crippen LogP contribution >= 0.6 is 0 Å². The Morgan fingerprint density at radius 1 is 1.19 bits per heavy atom. The van der Waals surface area contributed by atoms with Crippen molar-refractivity contribution in [3.63, 3.8) is 0 Å². The molecule has 0 aliphatic heterocycles. The van der Waals surface area contributed by atoms with E-state index in [1.165, 1.54) is 0 Å². The molecule has 4 heteroatoms. The van der Waals surface area contributed by atoms with Crippen LogP contribution in [0.5, 0.6) is 0 Å². The van der Waals surface area contributed by atoms with Crippen LogP contribution in [0.25, 0.3) is 0 Å². The molecule has 1 atom stereocenters. The van der Waals surface area contributed by atoms with Gasteiger partial charge in [0.2, 0.25) is 0 Å². The molecule has 0 fully saturated rings. The van der Waals surface area contributed by atoms with Crippen LogP contribution in [-0.2, 0) is 13.6 Å². The molecule has 3 nitrogen and oxygen atoms in total. The molecular formula is C12H18O3Si. The lowest BCUT2D eigenvalue weighted by molar-refractivity contribution is -0.122. The number of rotatable bonds is 4. The van der Waals surface area contributed by atoms with E-state index in [0.29, 0.717) is 6.47 Å². The second-order valence-corrected chi connectivity index (χ2v) is 8.61. The van der Waals surface area contributed by atoms with E-state index in [-0.39, 0.29) is 5.04 Å². The summed E-state index contributed by atoms with van der Waals surface area (Å²) in [7, 11) is -1.11. The zero-order valence-electron chi connectivity index (χ0n) is 10.2. The molecule has 88 valence electrons. The Labute approximate surface area is 97.6 Å². The van der Waals surface area contributed by atoms with Gasteiger partial charge in [-0.25, -0.2) is 0 Å². The lowest BCUT2D eigenvalue weighted by Gasteiger charge is -2.37. The summed E-state index contributed by atoms with van der Waals surface area (Å²) >= 11 is 0. The Morgan fingerprint density at radius 2 is 1.75 bits per heavy atom. The second kappa shape index (κ2) is 4.80. The summed E-state index contributed by atoms with van der Waals surface area (Å²) < 4.78 is 11.0. The van der Waals surface area contributed by atoms with Crippen LogP contribution in [0.3, 0.4) is 0 Å². The van der Waals surface area contributed by atoms with Crippen LogP contribution in [0.4, 0.5) is 0 Å². The summed E-state index contributed by atoms with van der Waals surface area (Å²) in [5.41, 5.74) is 0. The van der Waals surface area contributed by atoms with Crippen molar-refractivity contribution in [3.05, 3.63) is 30.3 Å². The molecule has 0 saturated heterocycles. The van der Waals surface area contributed by atoms with Gasteiger partial charge in [0.15, 0.2) is 0 Å². The molecule has 0 amide bonds. The molecule has 0 aliphatic carbocycles. The van der Waals surface area contributed by atoms with Crippen LogP contribution in [-0.4, -0.2) is 22.1 Å². The predicted molar refractivity (Wildman–Crippen MR) is 65.7 cm³/mol. The van der Waals surface area contributed by atoms with Crippen LogP contribution in [0.2, 0.25) is 5.04 Å². The smallest absolute Gasteiger partial charge is 0.440 e. The van der Waals surface area contributed by atoms with Gasteiger partial charge in [-0.2, -0.15) is 0 Å². The lowest BCUT2D eigenvalue weighted by Crippen LogP contribution is -2.59. The maximum atomic E-state index is 10.7. The van der Waals surface area contributed by atoms with Gasteiger partial charge in [-0.3, -0.25) is 4.79 Å². The summed E-state index contributed by atoms with van der Waals surface area (Å²) in [6, 6.07) is 9.68. The molecule has 1 aromatic rings. The lowest BCUT2D eigenvalue weighted by atomic mass is 10.2. The van der Waals surface area contributed by atoms with Gasteiger partial charge in [-0.1, -0.05) is 51.1 Å². The zero-order chi connectivity index (χ0) is 12.2. The highest BCUT2D eigenvalue weighted by atomic mass is 28.4. The van der Waals surface area contributed by atoms with Crippen LogP contribution in [0.1, 0.15) is 20.8 Å². The van der Waals surface area contributed by atoms with E-state index in [9.17, 15) is 4.79 Å². The Hall–Kier alpha value is -1.13. The van der Waals surface area contributed by atoms with Crippen molar-refractivity contribution in [1.82, 2.24) is 0 Å². The molecule has 0 saturated carbocycles. The first-order chi connectivity index (χ1) is 7.48. The molecule has 0 aliphatic rings. The van der Waals surface area contributed by atoms with Crippen molar-refractivity contribution in [2.24, 2.45) is 0 Å². The third kappa shape index (κ3) is 2.17. The highest BCUT2D eigenvalue weighted by Gasteiger charge is 2.52. The van der Waals surface area contributed by atoms with Crippen molar-refractivity contribution < 1.29 is 13.6 Å². The number of hydrogen-bond donors (Lipinski definition) is 0. The summed E-state index contributed by atoms with van der Waals surface area (Å²) in [5.74, 6) is 0. The fraction of sp³-hybridized carbons (Fsp3) is 0.417. The summed E-state index contributed by atoms with van der Waals surface area (Å²) in [6.45, 7) is 6.58. The van der Waals surface area contributed by atoms with Crippen molar-refractivity contribution in [2.45, 2.75) is 25.8 Å². The van der Waals surface area contributed by atoms with E-state index in [1.54, 1.807) is 7.11 Å². The zero-order valence-corrected chi connectivity index (χ0v) is 11.2. The summed E-state index contributed by atoms with van der Waals surface area (Å²) in [4.78, 5) is 10.7. The third-order valence-electron chi connectivity index (χ3n) is 2.64. The monoisotopic (exact) mass is 238 g/mol. The van der Waals surface area contributed by atoms with E-state index in [1.807, 2.05) is 51.1 Å². The fourth-order valence-electron chi connectivity index (χ4n) is 1.88. The molecule has 16 heavy (non-hydrogen) atoms. The van der Waals surface area contributed by atoms with Gasteiger partial charge in [0.05, 0.1) is 0 Å². The average Bonchev–Trinajstić information content (AvgIpc) is 2.25. The first-order valence-electron chi connectivity index (χ1n) is 5.20. The Balaban J connectivity index is 3.28. The third-order valence-corrected chi connectivity index (χ3v) is 6.71. The molecule has 0 heterocycles. The van der Waals surface area contributed by atoms with E-state index >= 15 is 0 Å². The Bertz CT molecular complexity index is 345. The minimum absolute atomic E-state index is 0.218. The highest BCUT2D eigenvalue weighted by Crippen LogP contribution is 2.36. The Kier molecular flexibility index (Phi) is 3.88. The van der Waals surface area contributed by atoms with E-state index in [0.717, 1.165) is 5.19 Å². The summed E-state index contributed by atoms with van der Waals surface area (Å²) in [5, 5.41) is 0.751. The van der Waals surface area contributed by atoms with Gasteiger partial charge in [0.1, 0.15) is 0 Å². The van der Waals surface area contributed by atoms with Crippen molar-refractivity contribution in [1.29, 1.82) is 0 Å². The topological polar surface area (TPSA) is 35.5 Å². The maximum absolute atomic E-state index is 10.7. The van der Waals surface area contributed by atoms with Gasteiger partial charge < -0.3 is 8.85 Å². The van der Waals surface area contributed by atoms with E-state index < -0.39 is 8.56 Å². The molecule has 0 N–H and O–H groups in total. The molecular weight excluding hydrogens is 220 g/mol. The summed E-state index contributed by atoms with van der Waals surface area (Å²) in [6.07, 6.45) is 0. The van der Waals surface area contributed by atoms with E-state index in [4.69, 9.17) is 8.85 Å². The van der Waals surface area contributed by atoms with Gasteiger partial charge in [0, 0.05) is 17.3 Å². The second-order valence-electron chi connectivity index (χ2n) is 4.65. The normalized spacial score (nSPS) is 15.2. The van der Waals surface area contributed by atoms with Crippen molar-refractivity contribution in [3.8, 4) is 0 Å². The maximum Gasteiger partial charge on any atom is 0.440 e. The molecule has 0 radical (unpaired) electrons. The van der Waals surface area contributed by atoms with Gasteiger partial charge in [0.25, 0.3) is 6.47 Å². The standard InChI is InChI=1S/C12H18O3Si/c1-12(2,3)16(14-4,15-10-13)11-8-6-5-7-9-11/h5-10H,1-4H3. The number of benzene rings is 1. The molecule has 1 unspecified atom stereocenters. The number of carbonyl (C=O) groups excluding carboxylic acids is 1. The number of hydrogen-bond acceptors (Lipinski definition) is 3. The van der Waals surface area contributed by atoms with Gasteiger partial charge >= 0.3 is 8.56 Å². The molecule has 1 aromatic carbocycles. The largest absolute Gasteiger partial charge is 0.492 e. The van der Waals surface area contributed by atoms with Gasteiger partial charge in [-0.05, 0) is 0 Å². The Morgan fingerprint density at radius 3 is 2.12 bits per heavy atom. The van der Waals surface area contributed by atoms with Crippen LogP contribution in [0, 0.1) is 0 Å². The predicted octanol–water partition coefficient (Wildman–Crippen LogP) is 1.96. The quantitative estimate of drug-likeness (QED) is 0.594. The fourth-order valence-corrected chi connectivity index (χ4v) is 4.94. The van der Waals surface area contributed by atoms with E-state index in [2.05, 4.69) is 0 Å². The molecule has 0 aromatic heterocycles. The first kappa shape index (κ1) is 12.9. The first-order valence-corrected chi connectivity index (χ1v) is 7.02. The van der Waals surface area contributed by atoms with Crippen LogP contribution < -0.4 is 5.19 Å². The molecule has 0 spiro atoms. The van der Waals surface area contributed by atoms with Crippen molar-refractivity contribution >= 4 is 20.2 Å². The highest BCUT2D eigenvalue weighted by molar-refractivity contribution is 6.84. The average molecular weight is 238 g/mol. The van der Waals surface area contributed by atoms with Crippen LogP contribution in [0.15, 0.2) is 30.3 Å².